The number of nitrogens with one attached hydrogen (secondary N) is 1. The molecule has 0 bridgehead atoms. The average Bonchev–Trinajstić information content (AvgIpc) is 2.89. The van der Waals surface area contributed by atoms with Crippen LogP contribution in [0.3, 0.4) is 0 Å². The van der Waals surface area contributed by atoms with Crippen molar-refractivity contribution in [1.82, 2.24) is 0 Å². The summed E-state index contributed by atoms with van der Waals surface area (Å²) in [7, 11) is 1.70. The van der Waals surface area contributed by atoms with E-state index in [0.29, 0.717) is 0 Å². The largest absolute Gasteiger partial charge is 0.497 e. The predicted molar refractivity (Wildman–Crippen MR) is 141 cm³/mol. The Bertz CT molecular complexity index is 1180. The molecular formula is C31H31NO. The van der Waals surface area contributed by atoms with Crippen molar-refractivity contribution in [2.75, 3.05) is 12.4 Å². The summed E-state index contributed by atoms with van der Waals surface area (Å²) in [4.78, 5) is 0. The summed E-state index contributed by atoms with van der Waals surface area (Å²) in [6.07, 6.45) is 3.24. The van der Waals surface area contributed by atoms with Crippen molar-refractivity contribution in [3.63, 3.8) is 0 Å². The summed E-state index contributed by atoms with van der Waals surface area (Å²) >= 11 is 0. The van der Waals surface area contributed by atoms with Gasteiger partial charge in [0, 0.05) is 5.69 Å². The van der Waals surface area contributed by atoms with Crippen molar-refractivity contribution in [2.24, 2.45) is 0 Å². The maximum Gasteiger partial charge on any atom is 0.118 e. The molecule has 166 valence electrons. The van der Waals surface area contributed by atoms with Gasteiger partial charge in [-0.15, -0.1) is 0 Å². The van der Waals surface area contributed by atoms with Gasteiger partial charge in [-0.1, -0.05) is 91.9 Å². The number of hydrogen-bond acceptors (Lipinski definition) is 2. The molecule has 1 unspecified atom stereocenters. The molecule has 0 spiro atoms. The van der Waals surface area contributed by atoms with Gasteiger partial charge >= 0.3 is 0 Å². The van der Waals surface area contributed by atoms with E-state index in [1.165, 1.54) is 22.3 Å². The number of hydrogen-bond donors (Lipinski definition) is 1. The quantitative estimate of drug-likeness (QED) is 0.284. The van der Waals surface area contributed by atoms with Crippen LogP contribution < -0.4 is 10.1 Å². The fourth-order valence-electron chi connectivity index (χ4n) is 4.04. The van der Waals surface area contributed by atoms with Crippen LogP contribution in [-0.4, -0.2) is 7.11 Å². The van der Waals surface area contributed by atoms with E-state index in [0.717, 1.165) is 23.4 Å². The number of ether oxygens (including phenoxy) is 1. The average molecular weight is 434 g/mol. The minimum absolute atomic E-state index is 0.137. The maximum atomic E-state index is 5.35. The molecule has 2 nitrogen and oxygen atoms in total. The minimum atomic E-state index is -0.137. The smallest absolute Gasteiger partial charge is 0.118 e. The zero-order valence-electron chi connectivity index (χ0n) is 19.6. The SMILES string of the molecule is CCC(C)(Nc1ccccc1)c1ccc(C=C(c2ccccc2)c2ccc(OC)cc2)cc1. The van der Waals surface area contributed by atoms with Gasteiger partial charge in [0.25, 0.3) is 0 Å². The molecule has 0 radical (unpaired) electrons. The van der Waals surface area contributed by atoms with E-state index in [-0.39, 0.29) is 5.54 Å². The molecule has 4 rings (SSSR count). The van der Waals surface area contributed by atoms with E-state index in [1.807, 2.05) is 18.2 Å². The number of methoxy groups -OCH3 is 1. The molecule has 0 aliphatic carbocycles. The Labute approximate surface area is 197 Å². The second-order valence-corrected chi connectivity index (χ2v) is 8.45. The van der Waals surface area contributed by atoms with Gasteiger partial charge in [-0.05, 0) is 71.5 Å². The molecular weight excluding hydrogens is 402 g/mol. The summed E-state index contributed by atoms with van der Waals surface area (Å²) in [5, 5.41) is 3.72. The molecule has 0 saturated carbocycles. The third-order valence-electron chi connectivity index (χ3n) is 6.25. The normalized spacial score (nSPS) is 13.2. The van der Waals surface area contributed by atoms with Crippen molar-refractivity contribution < 1.29 is 4.74 Å². The van der Waals surface area contributed by atoms with E-state index in [9.17, 15) is 0 Å². The van der Waals surface area contributed by atoms with Gasteiger partial charge in [0.1, 0.15) is 5.75 Å². The molecule has 0 amide bonds. The Morgan fingerprint density at radius 2 is 1.33 bits per heavy atom. The first-order valence-corrected chi connectivity index (χ1v) is 11.5. The highest BCUT2D eigenvalue weighted by Crippen LogP contribution is 2.31. The van der Waals surface area contributed by atoms with Crippen LogP contribution in [0.2, 0.25) is 0 Å². The number of benzene rings is 4. The van der Waals surface area contributed by atoms with Crippen molar-refractivity contribution in [3.05, 3.63) is 131 Å². The second-order valence-electron chi connectivity index (χ2n) is 8.45. The molecule has 0 aliphatic rings. The monoisotopic (exact) mass is 433 g/mol. The lowest BCUT2D eigenvalue weighted by molar-refractivity contribution is 0.415. The maximum absolute atomic E-state index is 5.35. The van der Waals surface area contributed by atoms with E-state index < -0.39 is 0 Å². The summed E-state index contributed by atoms with van der Waals surface area (Å²) < 4.78 is 5.35. The van der Waals surface area contributed by atoms with Crippen molar-refractivity contribution >= 4 is 17.3 Å². The number of rotatable bonds is 8. The van der Waals surface area contributed by atoms with Gasteiger partial charge in [-0.25, -0.2) is 0 Å². The van der Waals surface area contributed by atoms with Gasteiger partial charge in [0.05, 0.1) is 12.6 Å². The van der Waals surface area contributed by atoms with Gasteiger partial charge in [-0.3, -0.25) is 0 Å². The van der Waals surface area contributed by atoms with Gasteiger partial charge in [0.15, 0.2) is 0 Å². The first-order valence-electron chi connectivity index (χ1n) is 11.5. The Balaban J connectivity index is 1.67. The summed E-state index contributed by atoms with van der Waals surface area (Å²) in [6, 6.07) is 38.1. The molecule has 4 aromatic rings. The van der Waals surface area contributed by atoms with Crippen LogP contribution in [0.25, 0.3) is 11.6 Å². The first kappa shape index (κ1) is 22.4. The number of para-hydroxylation sites is 1. The third kappa shape index (κ3) is 5.35. The topological polar surface area (TPSA) is 21.3 Å². The van der Waals surface area contributed by atoms with E-state index in [1.54, 1.807) is 7.11 Å². The second kappa shape index (κ2) is 10.2. The molecule has 0 heterocycles. The highest BCUT2D eigenvalue weighted by atomic mass is 16.5. The molecule has 1 N–H and O–H groups in total. The predicted octanol–water partition coefficient (Wildman–Crippen LogP) is 8.02. The summed E-state index contributed by atoms with van der Waals surface area (Å²) in [5.41, 5.74) is 6.99. The van der Waals surface area contributed by atoms with Crippen LogP contribution in [0, 0.1) is 0 Å². The molecule has 4 aromatic carbocycles. The third-order valence-corrected chi connectivity index (χ3v) is 6.25. The highest BCUT2D eigenvalue weighted by molar-refractivity contribution is 5.91. The minimum Gasteiger partial charge on any atom is -0.497 e. The van der Waals surface area contributed by atoms with E-state index in [2.05, 4.69) is 116 Å². The number of anilines is 1. The fraction of sp³-hybridized carbons (Fsp3) is 0.161. The van der Waals surface area contributed by atoms with Crippen LogP contribution in [0.15, 0.2) is 109 Å². The molecule has 1 atom stereocenters. The summed E-state index contributed by atoms with van der Waals surface area (Å²) in [5.74, 6) is 0.861. The molecule has 0 fully saturated rings. The first-order chi connectivity index (χ1) is 16.1. The Kier molecular flexibility index (Phi) is 6.95. The standard InChI is InChI=1S/C31H31NO/c1-4-31(2,32-28-13-9-6-10-14-28)27-19-15-24(16-20-27)23-30(25-11-7-5-8-12-25)26-17-21-29(33-3)22-18-26/h5-23,32H,4H2,1-3H3. The lowest BCUT2D eigenvalue weighted by atomic mass is 9.88. The van der Waals surface area contributed by atoms with E-state index in [4.69, 9.17) is 4.74 Å². The van der Waals surface area contributed by atoms with Crippen molar-refractivity contribution in [1.29, 1.82) is 0 Å². The zero-order chi connectivity index (χ0) is 23.1. The van der Waals surface area contributed by atoms with Crippen LogP contribution in [0.5, 0.6) is 5.75 Å². The van der Waals surface area contributed by atoms with Gasteiger partial charge < -0.3 is 10.1 Å². The van der Waals surface area contributed by atoms with Gasteiger partial charge in [0.2, 0.25) is 0 Å². The fourth-order valence-corrected chi connectivity index (χ4v) is 4.04. The Hall–Kier alpha value is -3.78. The van der Waals surface area contributed by atoms with Crippen LogP contribution in [0.1, 0.15) is 42.5 Å². The molecule has 2 heteroatoms. The zero-order valence-corrected chi connectivity index (χ0v) is 19.6. The lowest BCUT2D eigenvalue weighted by Crippen LogP contribution is -2.30. The molecule has 33 heavy (non-hydrogen) atoms. The van der Waals surface area contributed by atoms with Crippen molar-refractivity contribution in [3.8, 4) is 5.75 Å². The van der Waals surface area contributed by atoms with Crippen LogP contribution in [-0.2, 0) is 5.54 Å². The molecule has 0 saturated heterocycles. The Morgan fingerprint density at radius 3 is 1.91 bits per heavy atom. The lowest BCUT2D eigenvalue weighted by Gasteiger charge is -2.31. The Morgan fingerprint density at radius 1 is 0.758 bits per heavy atom. The van der Waals surface area contributed by atoms with Crippen molar-refractivity contribution in [2.45, 2.75) is 25.8 Å². The van der Waals surface area contributed by atoms with Crippen LogP contribution >= 0.6 is 0 Å². The van der Waals surface area contributed by atoms with Crippen LogP contribution in [0.4, 0.5) is 5.69 Å². The summed E-state index contributed by atoms with van der Waals surface area (Å²) in [6.45, 7) is 4.48. The highest BCUT2D eigenvalue weighted by Gasteiger charge is 2.24. The van der Waals surface area contributed by atoms with E-state index >= 15 is 0 Å². The molecule has 0 aliphatic heterocycles. The molecule has 0 aromatic heterocycles. The van der Waals surface area contributed by atoms with Gasteiger partial charge in [-0.2, -0.15) is 0 Å².